The molecule has 0 aliphatic carbocycles. The van der Waals surface area contributed by atoms with Crippen molar-refractivity contribution in [3.05, 3.63) is 53.6 Å². The molecule has 0 fully saturated rings. The lowest BCUT2D eigenvalue weighted by Crippen LogP contribution is -2.39. The summed E-state index contributed by atoms with van der Waals surface area (Å²) in [7, 11) is -1.91. The summed E-state index contributed by atoms with van der Waals surface area (Å²) in [6, 6.07) is 12.0. The molecule has 1 heterocycles. The van der Waals surface area contributed by atoms with E-state index < -0.39 is 10.0 Å². The van der Waals surface area contributed by atoms with Gasteiger partial charge < -0.3 is 4.90 Å². The van der Waals surface area contributed by atoms with Gasteiger partial charge in [-0.1, -0.05) is 31.5 Å². The highest BCUT2D eigenvalue weighted by atomic mass is 32.2. The van der Waals surface area contributed by atoms with E-state index in [1.165, 1.54) is 0 Å². The Morgan fingerprint density at radius 1 is 1.08 bits per heavy atom. The summed E-state index contributed by atoms with van der Waals surface area (Å²) >= 11 is 0. The Bertz CT molecular complexity index is 932. The average molecular weight is 358 g/mol. The zero-order valence-corrected chi connectivity index (χ0v) is 15.6. The maximum atomic E-state index is 12.6. The monoisotopic (exact) mass is 358 g/mol. The van der Waals surface area contributed by atoms with Crippen LogP contribution in [0.15, 0.2) is 47.4 Å². The molecule has 0 aromatic heterocycles. The number of sulfonamides is 1. The number of anilines is 2. The number of benzene rings is 2. The van der Waals surface area contributed by atoms with Gasteiger partial charge in [-0.2, -0.15) is 0 Å². The van der Waals surface area contributed by atoms with Gasteiger partial charge >= 0.3 is 0 Å². The minimum absolute atomic E-state index is 0.0606. The third-order valence-electron chi connectivity index (χ3n) is 4.64. The van der Waals surface area contributed by atoms with Crippen LogP contribution < -0.4 is 9.62 Å². The van der Waals surface area contributed by atoms with E-state index in [4.69, 9.17) is 0 Å². The molecule has 0 bridgehead atoms. The van der Waals surface area contributed by atoms with Crippen molar-refractivity contribution in [1.82, 2.24) is 0 Å². The Labute approximate surface area is 148 Å². The lowest BCUT2D eigenvalue weighted by atomic mass is 9.77. The topological polar surface area (TPSA) is 66.5 Å². The summed E-state index contributed by atoms with van der Waals surface area (Å²) in [5, 5.41) is 0. The first-order valence-corrected chi connectivity index (χ1v) is 9.59. The van der Waals surface area contributed by atoms with Gasteiger partial charge in [0, 0.05) is 30.3 Å². The molecule has 0 unspecified atom stereocenters. The number of rotatable bonds is 3. The number of hydrogen-bond acceptors (Lipinski definition) is 3. The minimum atomic E-state index is -3.65. The number of amides is 1. The molecule has 25 heavy (non-hydrogen) atoms. The van der Waals surface area contributed by atoms with E-state index in [-0.39, 0.29) is 16.2 Å². The SMILES string of the molecule is Cc1ccc(S(=O)(=O)Nc2ccc3c(c2)C(C)(C)CC(=O)N3C)cc1. The van der Waals surface area contributed by atoms with Crippen LogP contribution in [0.1, 0.15) is 31.4 Å². The summed E-state index contributed by atoms with van der Waals surface area (Å²) < 4.78 is 27.8. The summed E-state index contributed by atoms with van der Waals surface area (Å²) in [4.78, 5) is 14.0. The fourth-order valence-corrected chi connectivity index (χ4v) is 4.14. The highest BCUT2D eigenvalue weighted by molar-refractivity contribution is 7.92. The Morgan fingerprint density at radius 3 is 2.36 bits per heavy atom. The number of nitrogens with one attached hydrogen (secondary N) is 1. The quantitative estimate of drug-likeness (QED) is 0.914. The van der Waals surface area contributed by atoms with Crippen LogP contribution in [0.2, 0.25) is 0 Å². The molecular formula is C19H22N2O3S. The molecule has 2 aromatic rings. The second kappa shape index (κ2) is 5.88. The van der Waals surface area contributed by atoms with Crippen molar-refractivity contribution in [2.75, 3.05) is 16.7 Å². The smallest absolute Gasteiger partial charge is 0.261 e. The van der Waals surface area contributed by atoms with Crippen LogP contribution in [0.25, 0.3) is 0 Å². The van der Waals surface area contributed by atoms with E-state index in [9.17, 15) is 13.2 Å². The zero-order valence-electron chi connectivity index (χ0n) is 14.8. The van der Waals surface area contributed by atoms with Crippen molar-refractivity contribution >= 4 is 27.3 Å². The number of fused-ring (bicyclic) bond motifs is 1. The summed E-state index contributed by atoms with van der Waals surface area (Å²) in [5.74, 6) is 0.0606. The molecule has 0 saturated carbocycles. The maximum Gasteiger partial charge on any atom is 0.261 e. The molecular weight excluding hydrogens is 336 g/mol. The van der Waals surface area contributed by atoms with Gasteiger partial charge in [-0.3, -0.25) is 9.52 Å². The van der Waals surface area contributed by atoms with Crippen molar-refractivity contribution in [2.24, 2.45) is 0 Å². The molecule has 5 nitrogen and oxygen atoms in total. The van der Waals surface area contributed by atoms with E-state index in [1.807, 2.05) is 26.8 Å². The van der Waals surface area contributed by atoms with Gasteiger partial charge in [0.05, 0.1) is 4.90 Å². The Morgan fingerprint density at radius 2 is 1.72 bits per heavy atom. The van der Waals surface area contributed by atoms with E-state index in [1.54, 1.807) is 48.3 Å². The maximum absolute atomic E-state index is 12.6. The molecule has 0 saturated heterocycles. The van der Waals surface area contributed by atoms with Gasteiger partial charge in [0.15, 0.2) is 0 Å². The van der Waals surface area contributed by atoms with Crippen LogP contribution >= 0.6 is 0 Å². The first-order valence-electron chi connectivity index (χ1n) is 8.11. The van der Waals surface area contributed by atoms with Crippen molar-refractivity contribution in [2.45, 2.75) is 37.5 Å². The summed E-state index contributed by atoms with van der Waals surface area (Å²) in [6.45, 7) is 5.90. The Hall–Kier alpha value is -2.34. The fourth-order valence-electron chi connectivity index (χ4n) is 3.09. The normalized spacial score (nSPS) is 16.5. The van der Waals surface area contributed by atoms with Crippen LogP contribution in [-0.2, 0) is 20.2 Å². The van der Waals surface area contributed by atoms with Gasteiger partial charge in [0.25, 0.3) is 10.0 Å². The van der Waals surface area contributed by atoms with Gasteiger partial charge in [-0.25, -0.2) is 8.42 Å². The van der Waals surface area contributed by atoms with Gasteiger partial charge in [-0.05, 0) is 42.8 Å². The molecule has 6 heteroatoms. The molecule has 0 spiro atoms. The lowest BCUT2D eigenvalue weighted by Gasteiger charge is -2.37. The molecule has 3 rings (SSSR count). The molecule has 1 aliphatic heterocycles. The minimum Gasteiger partial charge on any atom is -0.315 e. The highest BCUT2D eigenvalue weighted by Gasteiger charge is 2.35. The molecule has 1 aliphatic rings. The van der Waals surface area contributed by atoms with Crippen molar-refractivity contribution in [1.29, 1.82) is 0 Å². The Kier molecular flexibility index (Phi) is 4.11. The summed E-state index contributed by atoms with van der Waals surface area (Å²) in [6.07, 6.45) is 0.394. The zero-order chi connectivity index (χ0) is 18.4. The summed E-state index contributed by atoms with van der Waals surface area (Å²) in [5.41, 5.74) is 2.93. The molecule has 1 amide bonds. The number of carbonyl (C=O) groups excluding carboxylic acids is 1. The predicted octanol–water partition coefficient (Wildman–Crippen LogP) is 3.44. The van der Waals surface area contributed by atoms with E-state index in [0.717, 1.165) is 16.8 Å². The van der Waals surface area contributed by atoms with Crippen molar-refractivity contribution in [3.63, 3.8) is 0 Å². The molecule has 0 atom stereocenters. The van der Waals surface area contributed by atoms with E-state index in [2.05, 4.69) is 4.72 Å². The second-order valence-electron chi connectivity index (χ2n) is 7.16. The van der Waals surface area contributed by atoms with Crippen molar-refractivity contribution < 1.29 is 13.2 Å². The van der Waals surface area contributed by atoms with E-state index >= 15 is 0 Å². The molecule has 132 valence electrons. The van der Waals surface area contributed by atoms with Crippen LogP contribution in [-0.4, -0.2) is 21.4 Å². The van der Waals surface area contributed by atoms with Crippen LogP contribution in [0.5, 0.6) is 0 Å². The third kappa shape index (κ3) is 3.26. The molecule has 0 radical (unpaired) electrons. The third-order valence-corrected chi connectivity index (χ3v) is 6.04. The van der Waals surface area contributed by atoms with Gasteiger partial charge in [0.1, 0.15) is 0 Å². The largest absolute Gasteiger partial charge is 0.315 e. The first kappa shape index (κ1) is 17.5. The average Bonchev–Trinajstić information content (AvgIpc) is 2.52. The first-order chi connectivity index (χ1) is 11.6. The van der Waals surface area contributed by atoms with Crippen molar-refractivity contribution in [3.8, 4) is 0 Å². The number of aryl methyl sites for hydroxylation is 1. The van der Waals surface area contributed by atoms with Gasteiger partial charge in [-0.15, -0.1) is 0 Å². The molecule has 1 N–H and O–H groups in total. The Balaban J connectivity index is 1.97. The highest BCUT2D eigenvalue weighted by Crippen LogP contribution is 2.41. The number of carbonyl (C=O) groups is 1. The second-order valence-corrected chi connectivity index (χ2v) is 8.85. The number of nitrogens with zero attached hydrogens (tertiary/aromatic N) is 1. The predicted molar refractivity (Wildman–Crippen MR) is 99.5 cm³/mol. The fraction of sp³-hybridized carbons (Fsp3) is 0.316. The van der Waals surface area contributed by atoms with Gasteiger partial charge in [0.2, 0.25) is 5.91 Å². The van der Waals surface area contributed by atoms with E-state index in [0.29, 0.717) is 12.1 Å². The van der Waals surface area contributed by atoms with Crippen LogP contribution in [0.3, 0.4) is 0 Å². The lowest BCUT2D eigenvalue weighted by molar-refractivity contribution is -0.119. The van der Waals surface area contributed by atoms with Crippen LogP contribution in [0.4, 0.5) is 11.4 Å². The standard InChI is InChI=1S/C19H22N2O3S/c1-13-5-8-15(9-6-13)25(23,24)20-14-7-10-17-16(11-14)19(2,3)12-18(22)21(17)4/h5-11,20H,12H2,1-4H3. The number of hydrogen-bond donors (Lipinski definition) is 1. The van der Waals surface area contributed by atoms with Crippen LogP contribution in [0, 0.1) is 6.92 Å². The molecule has 2 aromatic carbocycles.